The van der Waals surface area contributed by atoms with Gasteiger partial charge in [-0.1, -0.05) is 24.3 Å². The maximum absolute atomic E-state index is 13.5. The number of rotatable bonds is 5. The van der Waals surface area contributed by atoms with Crippen LogP contribution in [0.4, 0.5) is 4.39 Å². The lowest BCUT2D eigenvalue weighted by Crippen LogP contribution is -2.18. The fourth-order valence-electron chi connectivity index (χ4n) is 3.81. The lowest BCUT2D eigenvalue weighted by atomic mass is 9.96. The van der Waals surface area contributed by atoms with Crippen molar-refractivity contribution in [2.24, 2.45) is 5.73 Å². The number of carbonyl (C=O) groups excluding carboxylic acids is 2. The molecule has 31 heavy (non-hydrogen) atoms. The average Bonchev–Trinajstić information content (AvgIpc) is 2.76. The predicted molar refractivity (Wildman–Crippen MR) is 114 cm³/mol. The van der Waals surface area contributed by atoms with E-state index in [1.807, 2.05) is 13.8 Å². The van der Waals surface area contributed by atoms with Gasteiger partial charge in [-0.25, -0.2) is 4.39 Å². The molecule has 0 bridgehead atoms. The first-order valence-electron chi connectivity index (χ1n) is 9.97. The van der Waals surface area contributed by atoms with Crippen LogP contribution in [-0.2, 0) is 0 Å². The molecule has 5 nitrogen and oxygen atoms in total. The number of benzene rings is 3. The van der Waals surface area contributed by atoms with Crippen LogP contribution in [0.3, 0.4) is 0 Å². The van der Waals surface area contributed by atoms with E-state index in [0.717, 1.165) is 22.3 Å². The highest BCUT2D eigenvalue weighted by Crippen LogP contribution is 2.40. The molecule has 3 aromatic rings. The van der Waals surface area contributed by atoms with Crippen molar-refractivity contribution in [3.8, 4) is 11.5 Å². The van der Waals surface area contributed by atoms with Crippen LogP contribution in [0.25, 0.3) is 0 Å². The number of carbonyl (C=O) groups is 2. The van der Waals surface area contributed by atoms with Crippen LogP contribution in [0.15, 0.2) is 54.6 Å². The normalized spacial score (nSPS) is 13.8. The van der Waals surface area contributed by atoms with Gasteiger partial charge in [0.05, 0.1) is 12.2 Å². The van der Waals surface area contributed by atoms with E-state index in [4.69, 9.17) is 15.2 Å². The zero-order chi connectivity index (χ0) is 22.1. The number of primary amides is 1. The molecule has 1 aliphatic heterocycles. The highest BCUT2D eigenvalue weighted by Gasteiger charge is 2.26. The molecule has 158 valence electrons. The Morgan fingerprint density at radius 1 is 1.06 bits per heavy atom. The fourth-order valence-corrected chi connectivity index (χ4v) is 3.81. The predicted octanol–water partition coefficient (Wildman–Crippen LogP) is 4.68. The van der Waals surface area contributed by atoms with E-state index in [9.17, 15) is 14.0 Å². The van der Waals surface area contributed by atoms with E-state index in [-0.39, 0.29) is 11.6 Å². The second-order valence-corrected chi connectivity index (χ2v) is 7.58. The van der Waals surface area contributed by atoms with Gasteiger partial charge in [0.25, 0.3) is 0 Å². The maximum atomic E-state index is 13.5. The monoisotopic (exact) mass is 419 g/mol. The zero-order valence-electron chi connectivity index (χ0n) is 17.3. The topological polar surface area (TPSA) is 78.6 Å². The first-order chi connectivity index (χ1) is 14.8. The molecule has 1 atom stereocenters. The van der Waals surface area contributed by atoms with Crippen LogP contribution in [0, 0.1) is 19.7 Å². The van der Waals surface area contributed by atoms with Crippen molar-refractivity contribution in [2.45, 2.75) is 26.4 Å². The molecule has 0 fully saturated rings. The molecule has 0 saturated heterocycles. The molecule has 1 heterocycles. The van der Waals surface area contributed by atoms with Gasteiger partial charge >= 0.3 is 0 Å². The Labute approximate surface area is 179 Å². The molecule has 4 rings (SSSR count). The Morgan fingerprint density at radius 3 is 2.29 bits per heavy atom. The minimum Gasteiger partial charge on any atom is -0.492 e. The number of halogens is 1. The molecule has 0 saturated carbocycles. The summed E-state index contributed by atoms with van der Waals surface area (Å²) in [4.78, 5) is 23.7. The summed E-state index contributed by atoms with van der Waals surface area (Å²) in [6, 6.07) is 14.6. The largest absolute Gasteiger partial charge is 0.492 e. The molecule has 6 heteroatoms. The summed E-state index contributed by atoms with van der Waals surface area (Å²) >= 11 is 0. The van der Waals surface area contributed by atoms with Gasteiger partial charge in [-0.3, -0.25) is 9.59 Å². The zero-order valence-corrected chi connectivity index (χ0v) is 17.3. The van der Waals surface area contributed by atoms with Crippen LogP contribution >= 0.6 is 0 Å². The lowest BCUT2D eigenvalue weighted by molar-refractivity contribution is 0.0931. The Kier molecular flexibility index (Phi) is 5.46. The lowest BCUT2D eigenvalue weighted by Gasteiger charge is -2.26. The van der Waals surface area contributed by atoms with Gasteiger partial charge in [0.2, 0.25) is 5.91 Å². The first-order valence-corrected chi connectivity index (χ1v) is 9.97. The van der Waals surface area contributed by atoms with E-state index >= 15 is 0 Å². The molecule has 0 spiro atoms. The van der Waals surface area contributed by atoms with E-state index in [1.54, 1.807) is 42.5 Å². The number of hydrogen-bond acceptors (Lipinski definition) is 4. The van der Waals surface area contributed by atoms with Crippen molar-refractivity contribution in [3.63, 3.8) is 0 Å². The van der Waals surface area contributed by atoms with Gasteiger partial charge in [0.1, 0.15) is 23.4 Å². The third kappa shape index (κ3) is 4.01. The van der Waals surface area contributed by atoms with Crippen molar-refractivity contribution in [2.75, 3.05) is 6.61 Å². The molecule has 0 radical (unpaired) electrons. The fraction of sp³-hybridized carbons (Fsp3) is 0.200. The summed E-state index contributed by atoms with van der Waals surface area (Å²) in [6.07, 6.45) is -0.214. The molecule has 1 amide bonds. The highest BCUT2D eigenvalue weighted by atomic mass is 19.1. The SMILES string of the molecule is Cc1cc2c(c(C)c1O[C@@H](c1ccc(F)cc1)c1ccc(C(N)=O)cc1)OCCC2=O. The average molecular weight is 419 g/mol. The standard InChI is InChI=1S/C25H22FNO4/c1-14-13-20-21(28)11-12-30-23(20)15(2)22(14)31-24(17-7-9-19(26)10-8-17)16-3-5-18(6-4-16)25(27)29/h3-10,13,24H,11-12H2,1-2H3,(H2,27,29)/t24-/m1/s1. The molecule has 3 aromatic carbocycles. The van der Waals surface area contributed by atoms with Crippen LogP contribution in [-0.4, -0.2) is 18.3 Å². The van der Waals surface area contributed by atoms with Gasteiger partial charge in [-0.2, -0.15) is 0 Å². The van der Waals surface area contributed by atoms with Gasteiger partial charge in [-0.05, 0) is 60.9 Å². The third-order valence-corrected chi connectivity index (χ3v) is 5.43. The summed E-state index contributed by atoms with van der Waals surface area (Å²) < 4.78 is 25.8. The van der Waals surface area contributed by atoms with E-state index in [2.05, 4.69) is 0 Å². The molecule has 2 N–H and O–H groups in total. The number of hydrogen-bond donors (Lipinski definition) is 1. The number of ether oxygens (including phenoxy) is 2. The molecule has 0 unspecified atom stereocenters. The van der Waals surface area contributed by atoms with Crippen LogP contribution in [0.1, 0.15) is 55.5 Å². The smallest absolute Gasteiger partial charge is 0.248 e. The van der Waals surface area contributed by atoms with Crippen molar-refractivity contribution in [1.29, 1.82) is 0 Å². The highest BCUT2D eigenvalue weighted by molar-refractivity contribution is 6.00. The Balaban J connectivity index is 1.79. The van der Waals surface area contributed by atoms with Gasteiger partial charge in [0, 0.05) is 17.5 Å². The van der Waals surface area contributed by atoms with Crippen molar-refractivity contribution in [3.05, 3.63) is 93.8 Å². The van der Waals surface area contributed by atoms with Gasteiger partial charge < -0.3 is 15.2 Å². The second kappa shape index (κ2) is 8.22. The third-order valence-electron chi connectivity index (χ3n) is 5.43. The number of nitrogens with two attached hydrogens (primary N) is 1. The molecule has 0 aromatic heterocycles. The summed E-state index contributed by atoms with van der Waals surface area (Å²) in [7, 11) is 0. The summed E-state index contributed by atoms with van der Waals surface area (Å²) in [5, 5.41) is 0. The minimum atomic E-state index is -0.572. The maximum Gasteiger partial charge on any atom is 0.248 e. The van der Waals surface area contributed by atoms with E-state index in [1.165, 1.54) is 12.1 Å². The summed E-state index contributed by atoms with van der Waals surface area (Å²) in [5.74, 6) is 0.324. The Morgan fingerprint density at radius 2 is 1.68 bits per heavy atom. The molecular formula is C25H22FNO4. The van der Waals surface area contributed by atoms with Crippen molar-refractivity contribution < 1.29 is 23.5 Å². The molecule has 1 aliphatic rings. The van der Waals surface area contributed by atoms with Crippen LogP contribution in [0.2, 0.25) is 0 Å². The molecular weight excluding hydrogens is 397 g/mol. The Bertz CT molecular complexity index is 1150. The van der Waals surface area contributed by atoms with E-state index < -0.39 is 12.0 Å². The van der Waals surface area contributed by atoms with Crippen molar-refractivity contribution >= 4 is 11.7 Å². The Hall–Kier alpha value is -3.67. The quantitative estimate of drug-likeness (QED) is 0.652. The summed E-state index contributed by atoms with van der Waals surface area (Å²) in [5.41, 5.74) is 9.35. The van der Waals surface area contributed by atoms with Crippen LogP contribution in [0.5, 0.6) is 11.5 Å². The number of Topliss-reactive ketones (excluding diaryl/α,β-unsaturated/α-hetero) is 1. The van der Waals surface area contributed by atoms with Crippen LogP contribution < -0.4 is 15.2 Å². The summed E-state index contributed by atoms with van der Waals surface area (Å²) in [6.45, 7) is 4.07. The second-order valence-electron chi connectivity index (χ2n) is 7.58. The van der Waals surface area contributed by atoms with Gasteiger partial charge in [0.15, 0.2) is 5.78 Å². The number of amides is 1. The first kappa shape index (κ1) is 20.6. The number of fused-ring (bicyclic) bond motifs is 1. The minimum absolute atomic E-state index is 0.0520. The number of ketones is 1. The van der Waals surface area contributed by atoms with E-state index in [0.29, 0.717) is 35.7 Å². The number of aryl methyl sites for hydroxylation is 1. The van der Waals surface area contributed by atoms with Crippen molar-refractivity contribution in [1.82, 2.24) is 0 Å². The molecule has 0 aliphatic carbocycles. The van der Waals surface area contributed by atoms with Gasteiger partial charge in [-0.15, -0.1) is 0 Å².